The van der Waals surface area contributed by atoms with Gasteiger partial charge in [-0.25, -0.2) is 0 Å². The zero-order chi connectivity index (χ0) is 32.2. The van der Waals surface area contributed by atoms with Crippen LogP contribution < -0.4 is 39.1 Å². The molecule has 0 saturated carbocycles. The van der Waals surface area contributed by atoms with Crippen LogP contribution in [-0.4, -0.2) is 67.6 Å². The first kappa shape index (κ1) is 35.3. The van der Waals surface area contributed by atoms with E-state index in [4.69, 9.17) is 28.4 Å². The SMILES string of the molecule is COc1cc(C=CC=CC(=O)NCCCCCCNC(=O)C=CC=Cc2cc(OC)c(OC)c(OC)c2)cc(OC)c1OC. The summed E-state index contributed by atoms with van der Waals surface area (Å²) in [5.74, 6) is 2.99. The van der Waals surface area contributed by atoms with Gasteiger partial charge in [-0.15, -0.1) is 0 Å². The molecule has 2 aromatic rings. The van der Waals surface area contributed by atoms with Crippen molar-refractivity contribution in [2.45, 2.75) is 25.7 Å². The number of benzene rings is 2. The molecule has 10 nitrogen and oxygen atoms in total. The van der Waals surface area contributed by atoms with Crippen LogP contribution in [0.15, 0.2) is 60.7 Å². The lowest BCUT2D eigenvalue weighted by molar-refractivity contribution is -0.117. The zero-order valence-electron chi connectivity index (χ0n) is 26.4. The van der Waals surface area contributed by atoms with Crippen LogP contribution in [0, 0.1) is 0 Å². The molecule has 0 heterocycles. The molecule has 0 aliphatic heterocycles. The highest BCUT2D eigenvalue weighted by Gasteiger charge is 2.13. The normalized spacial score (nSPS) is 11.3. The molecule has 2 rings (SSSR count). The number of carbonyl (C=O) groups excluding carboxylic acids is 2. The average Bonchev–Trinajstić information content (AvgIpc) is 3.04. The van der Waals surface area contributed by atoms with E-state index in [1.807, 2.05) is 36.4 Å². The molecule has 2 amide bonds. The molecule has 2 aromatic carbocycles. The fourth-order valence-electron chi connectivity index (χ4n) is 4.16. The summed E-state index contributed by atoms with van der Waals surface area (Å²) in [5, 5.41) is 5.76. The van der Waals surface area contributed by atoms with Gasteiger partial charge >= 0.3 is 0 Å². The van der Waals surface area contributed by atoms with Gasteiger partial charge in [-0.3, -0.25) is 9.59 Å². The number of hydrogen-bond acceptors (Lipinski definition) is 8. The summed E-state index contributed by atoms with van der Waals surface area (Å²) in [6.07, 6.45) is 17.2. The second kappa shape index (κ2) is 20.1. The molecule has 238 valence electrons. The van der Waals surface area contributed by atoms with Gasteiger partial charge in [0.25, 0.3) is 0 Å². The molecule has 2 N–H and O–H groups in total. The van der Waals surface area contributed by atoms with Gasteiger partial charge in [0.1, 0.15) is 0 Å². The highest BCUT2D eigenvalue weighted by molar-refractivity contribution is 5.88. The molecular weight excluding hydrogens is 564 g/mol. The molecule has 0 unspecified atom stereocenters. The second-order valence-corrected chi connectivity index (χ2v) is 9.35. The van der Waals surface area contributed by atoms with Crippen LogP contribution in [0.1, 0.15) is 36.8 Å². The summed E-state index contributed by atoms with van der Waals surface area (Å²) in [6, 6.07) is 7.30. The molecule has 0 aromatic heterocycles. The van der Waals surface area contributed by atoms with Crippen LogP contribution in [0.25, 0.3) is 12.2 Å². The van der Waals surface area contributed by atoms with Crippen molar-refractivity contribution in [2.75, 3.05) is 55.7 Å². The van der Waals surface area contributed by atoms with E-state index in [1.165, 1.54) is 12.2 Å². The monoisotopic (exact) mass is 608 g/mol. The lowest BCUT2D eigenvalue weighted by atomic mass is 10.1. The molecule has 0 radical (unpaired) electrons. The number of unbranched alkanes of at least 4 members (excludes halogenated alkanes) is 3. The Labute approximate surface area is 260 Å². The average molecular weight is 609 g/mol. The summed E-state index contributed by atoms with van der Waals surface area (Å²) in [6.45, 7) is 1.18. The van der Waals surface area contributed by atoms with E-state index >= 15 is 0 Å². The number of ether oxygens (including phenoxy) is 6. The van der Waals surface area contributed by atoms with E-state index < -0.39 is 0 Å². The molecule has 0 fully saturated rings. The van der Waals surface area contributed by atoms with Gasteiger partial charge in [0.15, 0.2) is 23.0 Å². The second-order valence-electron chi connectivity index (χ2n) is 9.35. The number of rotatable bonds is 19. The number of nitrogens with one attached hydrogen (secondary N) is 2. The lowest BCUT2D eigenvalue weighted by Gasteiger charge is -2.12. The fourth-order valence-corrected chi connectivity index (χ4v) is 4.16. The maximum atomic E-state index is 12.1. The summed E-state index contributed by atoms with van der Waals surface area (Å²) >= 11 is 0. The largest absolute Gasteiger partial charge is 0.493 e. The molecule has 0 atom stereocenters. The molecule has 10 heteroatoms. The van der Waals surface area contributed by atoms with Crippen LogP contribution in [0.2, 0.25) is 0 Å². The van der Waals surface area contributed by atoms with Crippen molar-refractivity contribution in [1.29, 1.82) is 0 Å². The van der Waals surface area contributed by atoms with Crippen molar-refractivity contribution in [1.82, 2.24) is 10.6 Å². The fraction of sp³-hybridized carbons (Fsp3) is 0.353. The summed E-state index contributed by atoms with van der Waals surface area (Å²) in [4.78, 5) is 24.1. The van der Waals surface area contributed by atoms with E-state index in [2.05, 4.69) is 10.6 Å². The molecule has 0 saturated heterocycles. The maximum Gasteiger partial charge on any atom is 0.243 e. The minimum absolute atomic E-state index is 0.155. The third kappa shape index (κ3) is 11.8. The Morgan fingerprint density at radius 2 is 0.864 bits per heavy atom. The van der Waals surface area contributed by atoms with Crippen LogP contribution >= 0.6 is 0 Å². The van der Waals surface area contributed by atoms with Crippen LogP contribution in [0.5, 0.6) is 34.5 Å². The van der Waals surface area contributed by atoms with Crippen molar-refractivity contribution in [3.63, 3.8) is 0 Å². The molecule has 0 bridgehead atoms. The Kier molecular flexibility index (Phi) is 16.2. The van der Waals surface area contributed by atoms with Gasteiger partial charge in [0.2, 0.25) is 23.3 Å². The minimum Gasteiger partial charge on any atom is -0.493 e. The van der Waals surface area contributed by atoms with Gasteiger partial charge in [-0.2, -0.15) is 0 Å². The first-order valence-electron chi connectivity index (χ1n) is 14.3. The van der Waals surface area contributed by atoms with Gasteiger partial charge in [-0.1, -0.05) is 49.3 Å². The number of allylic oxidation sites excluding steroid dienone is 4. The Bertz CT molecular complexity index is 1180. The lowest BCUT2D eigenvalue weighted by Crippen LogP contribution is -2.23. The summed E-state index contributed by atoms with van der Waals surface area (Å²) < 4.78 is 32.1. The number of carbonyl (C=O) groups is 2. The van der Waals surface area contributed by atoms with Crippen molar-refractivity contribution in [3.8, 4) is 34.5 Å². The molecule has 44 heavy (non-hydrogen) atoms. The Hall–Kier alpha value is -4.86. The number of methoxy groups -OCH3 is 6. The highest BCUT2D eigenvalue weighted by atomic mass is 16.5. The first-order chi connectivity index (χ1) is 21.4. The van der Waals surface area contributed by atoms with E-state index in [1.54, 1.807) is 67.0 Å². The number of hydrogen-bond donors (Lipinski definition) is 2. The Morgan fingerprint density at radius 1 is 0.523 bits per heavy atom. The summed E-state index contributed by atoms with van der Waals surface area (Å²) in [5.41, 5.74) is 1.70. The predicted molar refractivity (Wildman–Crippen MR) is 173 cm³/mol. The Morgan fingerprint density at radius 3 is 1.16 bits per heavy atom. The van der Waals surface area contributed by atoms with Gasteiger partial charge in [0, 0.05) is 25.2 Å². The van der Waals surface area contributed by atoms with Crippen molar-refractivity contribution in [2.24, 2.45) is 0 Å². The van der Waals surface area contributed by atoms with E-state index in [0.29, 0.717) is 47.6 Å². The zero-order valence-corrected chi connectivity index (χ0v) is 26.4. The van der Waals surface area contributed by atoms with Crippen LogP contribution in [0.3, 0.4) is 0 Å². The van der Waals surface area contributed by atoms with Crippen molar-refractivity contribution >= 4 is 24.0 Å². The molecule has 0 spiro atoms. The quantitative estimate of drug-likeness (QED) is 0.124. The van der Waals surface area contributed by atoms with E-state index in [0.717, 1.165) is 36.8 Å². The van der Waals surface area contributed by atoms with Crippen molar-refractivity contribution in [3.05, 3.63) is 71.8 Å². The topological polar surface area (TPSA) is 114 Å². The van der Waals surface area contributed by atoms with Crippen LogP contribution in [-0.2, 0) is 9.59 Å². The third-order valence-electron chi connectivity index (χ3n) is 6.37. The van der Waals surface area contributed by atoms with Crippen molar-refractivity contribution < 1.29 is 38.0 Å². The predicted octanol–water partition coefficient (Wildman–Crippen LogP) is 5.37. The molecular formula is C34H44N2O8. The Balaban J connectivity index is 1.61. The maximum absolute atomic E-state index is 12.1. The number of amides is 2. The van der Waals surface area contributed by atoms with Gasteiger partial charge in [0.05, 0.1) is 42.7 Å². The van der Waals surface area contributed by atoms with Gasteiger partial charge in [-0.05, 0) is 48.2 Å². The van der Waals surface area contributed by atoms with E-state index in [-0.39, 0.29) is 11.8 Å². The highest BCUT2D eigenvalue weighted by Crippen LogP contribution is 2.39. The van der Waals surface area contributed by atoms with Crippen LogP contribution in [0.4, 0.5) is 0 Å². The van der Waals surface area contributed by atoms with E-state index in [9.17, 15) is 9.59 Å². The standard InChI is InChI=1S/C34H44N2O8/c1-39-27-21-25(22-28(40-2)33(27)43-5)15-9-11-17-31(37)35-19-13-7-8-14-20-36-32(38)18-12-10-16-26-23-29(41-3)34(44-6)30(24-26)42-4/h9-12,15-18,21-24H,7-8,13-14,19-20H2,1-6H3,(H,35,37)(H,36,38). The first-order valence-corrected chi connectivity index (χ1v) is 14.3. The third-order valence-corrected chi connectivity index (χ3v) is 6.37. The molecule has 0 aliphatic carbocycles. The van der Waals surface area contributed by atoms with Gasteiger partial charge < -0.3 is 39.1 Å². The smallest absolute Gasteiger partial charge is 0.243 e. The summed E-state index contributed by atoms with van der Waals surface area (Å²) in [7, 11) is 9.36. The molecule has 0 aliphatic rings. The minimum atomic E-state index is -0.155.